The minimum atomic E-state index is -0.975. The van der Waals surface area contributed by atoms with Crippen LogP contribution < -0.4 is 5.32 Å². The van der Waals surface area contributed by atoms with Crippen LogP contribution in [0.3, 0.4) is 0 Å². The van der Waals surface area contributed by atoms with E-state index < -0.39 is 5.97 Å². The van der Waals surface area contributed by atoms with E-state index in [4.69, 9.17) is 0 Å². The lowest BCUT2D eigenvalue weighted by Gasteiger charge is -2.18. The first-order chi connectivity index (χ1) is 9.49. The van der Waals surface area contributed by atoms with Crippen molar-refractivity contribution >= 4 is 11.8 Å². The van der Waals surface area contributed by atoms with Gasteiger partial charge in [0.25, 0.3) is 0 Å². The quantitative estimate of drug-likeness (QED) is 0.891. The topological polar surface area (TPSA) is 62.2 Å². The highest BCUT2D eigenvalue weighted by molar-refractivity contribution is 5.93. The molecule has 2 rings (SSSR count). The fourth-order valence-corrected chi connectivity index (χ4v) is 2.19. The van der Waals surface area contributed by atoms with E-state index >= 15 is 0 Å². The van der Waals surface area contributed by atoms with Gasteiger partial charge in [-0.3, -0.25) is 0 Å². The molecule has 0 aliphatic carbocycles. The summed E-state index contributed by atoms with van der Waals surface area (Å²) in [6, 6.07) is 11.3. The second-order valence-corrected chi connectivity index (χ2v) is 4.88. The van der Waals surface area contributed by atoms with Crippen LogP contribution >= 0.6 is 0 Å². The van der Waals surface area contributed by atoms with E-state index in [9.17, 15) is 9.90 Å². The van der Waals surface area contributed by atoms with E-state index in [0.29, 0.717) is 5.82 Å². The van der Waals surface area contributed by atoms with Gasteiger partial charge in [-0.1, -0.05) is 24.3 Å². The van der Waals surface area contributed by atoms with Gasteiger partial charge in [0.2, 0.25) is 0 Å². The second kappa shape index (κ2) is 5.74. The number of benzene rings is 1. The minimum absolute atomic E-state index is 0.0106. The van der Waals surface area contributed by atoms with Crippen molar-refractivity contribution < 1.29 is 9.90 Å². The molecule has 0 saturated heterocycles. The Morgan fingerprint density at radius 2 is 1.90 bits per heavy atom. The lowest BCUT2D eigenvalue weighted by molar-refractivity contribution is 0.0697. The zero-order valence-electron chi connectivity index (χ0n) is 11.8. The molecule has 0 aliphatic rings. The van der Waals surface area contributed by atoms with Gasteiger partial charge in [-0.15, -0.1) is 0 Å². The third-order valence-corrected chi connectivity index (χ3v) is 3.27. The Hall–Kier alpha value is -2.36. The number of anilines is 1. The van der Waals surface area contributed by atoms with Crippen molar-refractivity contribution in [3.63, 3.8) is 0 Å². The van der Waals surface area contributed by atoms with E-state index in [2.05, 4.69) is 10.3 Å². The molecule has 20 heavy (non-hydrogen) atoms. The number of carbonyl (C=O) groups is 1. The molecule has 1 aromatic carbocycles. The Balaban J connectivity index is 2.32. The number of pyridine rings is 1. The van der Waals surface area contributed by atoms with Crippen LogP contribution in [0.5, 0.6) is 0 Å². The molecule has 0 aliphatic heterocycles. The highest BCUT2D eigenvalue weighted by Gasteiger charge is 2.15. The molecule has 1 aromatic heterocycles. The first-order valence-corrected chi connectivity index (χ1v) is 6.52. The van der Waals surface area contributed by atoms with E-state index in [1.165, 1.54) is 0 Å². The Kier molecular flexibility index (Phi) is 4.03. The molecule has 0 amide bonds. The summed E-state index contributed by atoms with van der Waals surface area (Å²) in [5.41, 5.74) is 3.27. The molecule has 1 unspecified atom stereocenters. The van der Waals surface area contributed by atoms with Crippen molar-refractivity contribution in [1.29, 1.82) is 0 Å². The van der Waals surface area contributed by atoms with Gasteiger partial charge in [0.15, 0.2) is 0 Å². The fourth-order valence-electron chi connectivity index (χ4n) is 2.19. The van der Waals surface area contributed by atoms with Crippen LogP contribution in [0.2, 0.25) is 0 Å². The number of nitrogens with one attached hydrogen (secondary N) is 1. The molecule has 2 N–H and O–H groups in total. The van der Waals surface area contributed by atoms with Crippen LogP contribution in [-0.2, 0) is 0 Å². The molecule has 0 fully saturated rings. The largest absolute Gasteiger partial charge is 0.478 e. The molecular formula is C16H18N2O2. The SMILES string of the molecule is Cc1ccc(C(=O)O)c(NC(C)c2ccccc2C)n1. The molecular weight excluding hydrogens is 252 g/mol. The molecule has 0 bridgehead atoms. The van der Waals surface area contributed by atoms with Crippen molar-refractivity contribution in [2.45, 2.75) is 26.8 Å². The summed E-state index contributed by atoms with van der Waals surface area (Å²) in [6.45, 7) is 5.88. The van der Waals surface area contributed by atoms with Crippen molar-refractivity contribution in [3.05, 3.63) is 58.8 Å². The van der Waals surface area contributed by atoms with Gasteiger partial charge in [-0.25, -0.2) is 9.78 Å². The zero-order valence-corrected chi connectivity index (χ0v) is 11.8. The van der Waals surface area contributed by atoms with Crippen LogP contribution in [0.4, 0.5) is 5.82 Å². The second-order valence-electron chi connectivity index (χ2n) is 4.88. The van der Waals surface area contributed by atoms with Crippen LogP contribution in [0.15, 0.2) is 36.4 Å². The van der Waals surface area contributed by atoms with Gasteiger partial charge in [-0.05, 0) is 44.0 Å². The third-order valence-electron chi connectivity index (χ3n) is 3.27. The summed E-state index contributed by atoms with van der Waals surface area (Å²) in [5.74, 6) is -0.565. The summed E-state index contributed by atoms with van der Waals surface area (Å²) in [6.07, 6.45) is 0. The van der Waals surface area contributed by atoms with Gasteiger partial charge < -0.3 is 10.4 Å². The molecule has 104 valence electrons. The lowest BCUT2D eigenvalue weighted by atomic mass is 10.0. The predicted molar refractivity (Wildman–Crippen MR) is 79.2 cm³/mol. The number of rotatable bonds is 4. The summed E-state index contributed by atoms with van der Waals surface area (Å²) >= 11 is 0. The normalized spacial score (nSPS) is 11.9. The van der Waals surface area contributed by atoms with E-state index in [1.54, 1.807) is 12.1 Å². The third kappa shape index (κ3) is 2.96. The fraction of sp³-hybridized carbons (Fsp3) is 0.250. The number of aromatic carboxylic acids is 1. The first-order valence-electron chi connectivity index (χ1n) is 6.52. The molecule has 1 heterocycles. The van der Waals surface area contributed by atoms with Gasteiger partial charge in [-0.2, -0.15) is 0 Å². The molecule has 0 saturated carbocycles. The van der Waals surface area contributed by atoms with Gasteiger partial charge in [0, 0.05) is 5.69 Å². The van der Waals surface area contributed by atoms with Crippen molar-refractivity contribution in [2.24, 2.45) is 0 Å². The maximum Gasteiger partial charge on any atom is 0.339 e. The van der Waals surface area contributed by atoms with Crippen LogP contribution in [-0.4, -0.2) is 16.1 Å². The highest BCUT2D eigenvalue weighted by atomic mass is 16.4. The average molecular weight is 270 g/mol. The summed E-state index contributed by atoms with van der Waals surface area (Å²) < 4.78 is 0. The molecule has 2 aromatic rings. The maximum atomic E-state index is 11.2. The number of aryl methyl sites for hydroxylation is 2. The number of carboxylic acids is 1. The van der Waals surface area contributed by atoms with Gasteiger partial charge in [0.1, 0.15) is 11.4 Å². The Morgan fingerprint density at radius 3 is 2.55 bits per heavy atom. The van der Waals surface area contributed by atoms with Gasteiger partial charge in [0.05, 0.1) is 6.04 Å². The number of hydrogen-bond acceptors (Lipinski definition) is 3. The number of nitrogens with zero attached hydrogens (tertiary/aromatic N) is 1. The van der Waals surface area contributed by atoms with E-state index in [-0.39, 0.29) is 11.6 Å². The van der Waals surface area contributed by atoms with Crippen LogP contribution in [0, 0.1) is 13.8 Å². The van der Waals surface area contributed by atoms with Crippen molar-refractivity contribution in [2.75, 3.05) is 5.32 Å². The minimum Gasteiger partial charge on any atom is -0.478 e. The van der Waals surface area contributed by atoms with Crippen molar-refractivity contribution in [3.8, 4) is 0 Å². The number of hydrogen-bond donors (Lipinski definition) is 2. The highest BCUT2D eigenvalue weighted by Crippen LogP contribution is 2.23. The number of carboxylic acid groups (broad SMARTS) is 1. The van der Waals surface area contributed by atoms with Crippen LogP contribution in [0.1, 0.15) is 40.1 Å². The summed E-state index contributed by atoms with van der Waals surface area (Å²) in [5, 5.41) is 12.4. The molecule has 4 heteroatoms. The summed E-state index contributed by atoms with van der Waals surface area (Å²) in [4.78, 5) is 15.5. The molecule has 4 nitrogen and oxygen atoms in total. The smallest absolute Gasteiger partial charge is 0.339 e. The Morgan fingerprint density at radius 1 is 1.20 bits per heavy atom. The Bertz CT molecular complexity index is 638. The standard InChI is InChI=1S/C16H18N2O2/c1-10-6-4-5-7-13(10)12(3)18-15-14(16(19)20)9-8-11(2)17-15/h4-9,12H,1-3H3,(H,17,18)(H,19,20). The van der Waals surface area contributed by atoms with Gasteiger partial charge >= 0.3 is 5.97 Å². The average Bonchev–Trinajstić information content (AvgIpc) is 2.38. The van der Waals surface area contributed by atoms with Crippen molar-refractivity contribution in [1.82, 2.24) is 4.98 Å². The lowest BCUT2D eigenvalue weighted by Crippen LogP contribution is -2.13. The maximum absolute atomic E-state index is 11.2. The molecule has 1 atom stereocenters. The summed E-state index contributed by atoms with van der Waals surface area (Å²) in [7, 11) is 0. The first kappa shape index (κ1) is 14.1. The molecule has 0 spiro atoms. The monoisotopic (exact) mass is 270 g/mol. The molecule has 0 radical (unpaired) electrons. The Labute approximate surface area is 118 Å². The van der Waals surface area contributed by atoms with Crippen LogP contribution in [0.25, 0.3) is 0 Å². The zero-order chi connectivity index (χ0) is 14.7. The number of aromatic nitrogens is 1. The predicted octanol–water partition coefficient (Wildman–Crippen LogP) is 3.57. The van der Waals surface area contributed by atoms with E-state index in [0.717, 1.165) is 16.8 Å². The van der Waals surface area contributed by atoms with E-state index in [1.807, 2.05) is 45.0 Å².